The summed E-state index contributed by atoms with van der Waals surface area (Å²) in [4.78, 5) is 28.4. The standard InChI is InChI=1S/C25H21FN2O2S/c1-16(17-8-4-3-5-9-17)27-24(29)19-12-13-22-21(14-19)28(2)25(30)23(31-22)15-18-10-6-7-11-20(18)26/h3-16H,1-2H3,(H,27,29). The van der Waals surface area contributed by atoms with E-state index in [0.29, 0.717) is 21.7 Å². The average Bonchev–Trinajstić information content (AvgIpc) is 2.79. The smallest absolute Gasteiger partial charge is 0.264 e. The lowest BCUT2D eigenvalue weighted by atomic mass is 10.1. The van der Waals surface area contributed by atoms with E-state index in [1.54, 1.807) is 43.5 Å². The summed E-state index contributed by atoms with van der Waals surface area (Å²) in [5.41, 5.74) is 2.50. The Balaban J connectivity index is 1.57. The van der Waals surface area contributed by atoms with E-state index in [2.05, 4.69) is 5.32 Å². The molecule has 0 saturated carbocycles. The highest BCUT2D eigenvalue weighted by molar-refractivity contribution is 8.04. The van der Waals surface area contributed by atoms with E-state index in [0.717, 1.165) is 10.5 Å². The summed E-state index contributed by atoms with van der Waals surface area (Å²) in [5.74, 6) is -0.829. The number of nitrogens with one attached hydrogen (secondary N) is 1. The molecule has 1 atom stereocenters. The summed E-state index contributed by atoms with van der Waals surface area (Å²) in [7, 11) is 1.66. The quantitative estimate of drug-likeness (QED) is 0.560. The van der Waals surface area contributed by atoms with E-state index in [4.69, 9.17) is 0 Å². The number of anilines is 1. The maximum atomic E-state index is 14.0. The van der Waals surface area contributed by atoms with Crippen molar-refractivity contribution in [2.24, 2.45) is 0 Å². The second-order valence-corrected chi connectivity index (χ2v) is 8.37. The minimum absolute atomic E-state index is 0.145. The molecule has 1 aliphatic heterocycles. The van der Waals surface area contributed by atoms with Gasteiger partial charge in [0, 0.05) is 23.1 Å². The van der Waals surface area contributed by atoms with Gasteiger partial charge in [0.25, 0.3) is 11.8 Å². The van der Waals surface area contributed by atoms with Crippen molar-refractivity contribution < 1.29 is 14.0 Å². The number of halogens is 1. The van der Waals surface area contributed by atoms with Crippen molar-refractivity contribution in [2.45, 2.75) is 17.9 Å². The van der Waals surface area contributed by atoms with Crippen LogP contribution in [-0.4, -0.2) is 18.9 Å². The molecular formula is C25H21FN2O2S. The first kappa shape index (κ1) is 20.9. The largest absolute Gasteiger partial charge is 0.346 e. The number of nitrogens with zero attached hydrogens (tertiary/aromatic N) is 1. The van der Waals surface area contributed by atoms with Crippen molar-refractivity contribution in [3.8, 4) is 0 Å². The lowest BCUT2D eigenvalue weighted by Crippen LogP contribution is -2.31. The Labute approximate surface area is 184 Å². The molecule has 3 aromatic rings. The van der Waals surface area contributed by atoms with E-state index < -0.39 is 0 Å². The normalized spacial score (nSPS) is 15.5. The average molecular weight is 433 g/mol. The number of amides is 2. The maximum absolute atomic E-state index is 14.0. The van der Waals surface area contributed by atoms with E-state index >= 15 is 0 Å². The van der Waals surface area contributed by atoms with Crippen LogP contribution in [0.2, 0.25) is 0 Å². The van der Waals surface area contributed by atoms with Crippen molar-refractivity contribution in [3.63, 3.8) is 0 Å². The Morgan fingerprint density at radius 1 is 1.06 bits per heavy atom. The van der Waals surface area contributed by atoms with Gasteiger partial charge in [0.15, 0.2) is 0 Å². The van der Waals surface area contributed by atoms with Gasteiger partial charge in [0.1, 0.15) is 5.82 Å². The Morgan fingerprint density at radius 2 is 1.77 bits per heavy atom. The number of fused-ring (bicyclic) bond motifs is 1. The number of rotatable bonds is 4. The van der Waals surface area contributed by atoms with E-state index in [1.165, 1.54) is 22.7 Å². The van der Waals surface area contributed by atoms with Crippen molar-refractivity contribution in [1.82, 2.24) is 5.32 Å². The molecule has 0 radical (unpaired) electrons. The SMILES string of the molecule is CC(NC(=O)c1ccc2c(c1)N(C)C(=O)C(=Cc1ccccc1F)S2)c1ccccc1. The van der Waals surface area contributed by atoms with Gasteiger partial charge in [0.05, 0.1) is 16.6 Å². The summed E-state index contributed by atoms with van der Waals surface area (Å²) < 4.78 is 14.0. The van der Waals surface area contributed by atoms with Crippen molar-refractivity contribution in [2.75, 3.05) is 11.9 Å². The predicted molar refractivity (Wildman–Crippen MR) is 122 cm³/mol. The van der Waals surface area contributed by atoms with Crippen LogP contribution in [0.25, 0.3) is 6.08 Å². The molecule has 2 amide bonds. The fourth-order valence-corrected chi connectivity index (χ4v) is 4.46. The number of likely N-dealkylation sites (N-methyl/N-ethyl adjacent to an activating group) is 1. The molecule has 156 valence electrons. The van der Waals surface area contributed by atoms with E-state index in [-0.39, 0.29) is 23.7 Å². The topological polar surface area (TPSA) is 49.4 Å². The highest BCUT2D eigenvalue weighted by atomic mass is 32.2. The molecule has 1 unspecified atom stereocenters. The van der Waals surface area contributed by atoms with Crippen molar-refractivity contribution in [1.29, 1.82) is 0 Å². The first-order valence-electron chi connectivity index (χ1n) is 9.86. The highest BCUT2D eigenvalue weighted by Gasteiger charge is 2.27. The van der Waals surface area contributed by atoms with Gasteiger partial charge in [-0.15, -0.1) is 0 Å². The van der Waals surface area contributed by atoms with Gasteiger partial charge in [-0.05, 0) is 42.8 Å². The fourth-order valence-electron chi connectivity index (χ4n) is 3.37. The molecule has 0 aliphatic carbocycles. The van der Waals surface area contributed by atoms with Crippen LogP contribution in [0.5, 0.6) is 0 Å². The lowest BCUT2D eigenvalue weighted by Gasteiger charge is -2.27. The molecule has 1 aliphatic rings. The molecule has 0 saturated heterocycles. The second kappa shape index (κ2) is 8.78. The molecule has 1 N–H and O–H groups in total. The van der Waals surface area contributed by atoms with Crippen LogP contribution < -0.4 is 10.2 Å². The maximum Gasteiger partial charge on any atom is 0.264 e. The molecule has 0 aromatic heterocycles. The van der Waals surface area contributed by atoms with Crippen LogP contribution in [0, 0.1) is 5.82 Å². The van der Waals surface area contributed by atoms with Crippen LogP contribution in [-0.2, 0) is 4.79 Å². The Bertz CT molecular complexity index is 1180. The second-order valence-electron chi connectivity index (χ2n) is 7.28. The third kappa shape index (κ3) is 4.39. The van der Waals surface area contributed by atoms with Crippen LogP contribution in [0.15, 0.2) is 82.6 Å². The molecule has 0 fully saturated rings. The van der Waals surface area contributed by atoms with Gasteiger partial charge in [0.2, 0.25) is 0 Å². The molecule has 3 aromatic carbocycles. The summed E-state index contributed by atoms with van der Waals surface area (Å²) in [5, 5.41) is 2.99. The fraction of sp³-hybridized carbons (Fsp3) is 0.120. The van der Waals surface area contributed by atoms with Gasteiger partial charge in [-0.1, -0.05) is 60.3 Å². The molecule has 6 heteroatoms. The Morgan fingerprint density at radius 3 is 2.52 bits per heavy atom. The number of thioether (sulfide) groups is 1. The van der Waals surface area contributed by atoms with Gasteiger partial charge in [-0.2, -0.15) is 0 Å². The zero-order chi connectivity index (χ0) is 22.0. The third-order valence-corrected chi connectivity index (χ3v) is 6.23. The molecule has 4 nitrogen and oxygen atoms in total. The summed E-state index contributed by atoms with van der Waals surface area (Å²) >= 11 is 1.28. The summed E-state index contributed by atoms with van der Waals surface area (Å²) in [6, 6.07) is 21.2. The monoisotopic (exact) mass is 432 g/mol. The highest BCUT2D eigenvalue weighted by Crippen LogP contribution is 2.42. The van der Waals surface area contributed by atoms with Crippen molar-refractivity contribution in [3.05, 3.63) is 100 Å². The molecule has 0 bridgehead atoms. The zero-order valence-electron chi connectivity index (χ0n) is 17.1. The number of hydrogen-bond acceptors (Lipinski definition) is 3. The minimum atomic E-state index is -0.378. The van der Waals surface area contributed by atoms with E-state index in [9.17, 15) is 14.0 Å². The van der Waals surface area contributed by atoms with Crippen LogP contribution in [0.4, 0.5) is 10.1 Å². The van der Waals surface area contributed by atoms with Gasteiger partial charge >= 0.3 is 0 Å². The number of hydrogen-bond donors (Lipinski definition) is 1. The third-order valence-electron chi connectivity index (χ3n) is 5.16. The number of benzene rings is 3. The summed E-state index contributed by atoms with van der Waals surface area (Å²) in [6.07, 6.45) is 1.56. The first-order valence-corrected chi connectivity index (χ1v) is 10.7. The molecule has 1 heterocycles. The Hall–Kier alpha value is -3.38. The number of carbonyl (C=O) groups excluding carboxylic acids is 2. The first-order chi connectivity index (χ1) is 14.9. The lowest BCUT2D eigenvalue weighted by molar-refractivity contribution is -0.114. The minimum Gasteiger partial charge on any atom is -0.346 e. The van der Waals surface area contributed by atoms with Crippen LogP contribution in [0.3, 0.4) is 0 Å². The van der Waals surface area contributed by atoms with E-state index in [1.807, 2.05) is 43.3 Å². The predicted octanol–water partition coefficient (Wildman–Crippen LogP) is 5.43. The molecule has 0 spiro atoms. The molecule has 31 heavy (non-hydrogen) atoms. The van der Waals surface area contributed by atoms with Crippen LogP contribution >= 0.6 is 11.8 Å². The molecule has 4 rings (SSSR count). The Kier molecular flexibility index (Phi) is 5.91. The van der Waals surface area contributed by atoms with Gasteiger partial charge in [-0.3, -0.25) is 9.59 Å². The molecular weight excluding hydrogens is 411 g/mol. The zero-order valence-corrected chi connectivity index (χ0v) is 17.9. The summed E-state index contributed by atoms with van der Waals surface area (Å²) in [6.45, 7) is 1.93. The number of carbonyl (C=O) groups is 2. The van der Waals surface area contributed by atoms with Gasteiger partial charge in [-0.25, -0.2) is 4.39 Å². The van der Waals surface area contributed by atoms with Crippen molar-refractivity contribution >= 4 is 35.3 Å². The van der Waals surface area contributed by atoms with Gasteiger partial charge < -0.3 is 10.2 Å². The van der Waals surface area contributed by atoms with Crippen LogP contribution in [0.1, 0.15) is 34.5 Å².